The molecule has 4 unspecified atom stereocenters. The van der Waals surface area contributed by atoms with Crippen LogP contribution in [0.2, 0.25) is 0 Å². The first-order valence-corrected chi connectivity index (χ1v) is 7.42. The molecule has 0 saturated carbocycles. The summed E-state index contributed by atoms with van der Waals surface area (Å²) in [4.78, 5) is 13.5. The van der Waals surface area contributed by atoms with Gasteiger partial charge in [0.1, 0.15) is 18.3 Å². The van der Waals surface area contributed by atoms with Crippen molar-refractivity contribution in [2.75, 3.05) is 19.0 Å². The monoisotopic (exact) mass is 318 g/mol. The van der Waals surface area contributed by atoms with Crippen molar-refractivity contribution in [1.29, 1.82) is 0 Å². The van der Waals surface area contributed by atoms with Gasteiger partial charge >= 0.3 is 6.03 Å². The summed E-state index contributed by atoms with van der Waals surface area (Å²) in [5.74, 6) is -0.444. The normalized spacial score (nSPS) is 38.2. The molecule has 2 saturated heterocycles. The molecule has 0 radical (unpaired) electrons. The van der Waals surface area contributed by atoms with E-state index in [0.29, 0.717) is 12.4 Å². The van der Waals surface area contributed by atoms with Gasteiger partial charge in [-0.1, -0.05) is 0 Å². The molecule has 7 nitrogen and oxygen atoms in total. The highest BCUT2D eigenvalue weighted by molar-refractivity contribution is 6.19. The van der Waals surface area contributed by atoms with Gasteiger partial charge in [-0.3, -0.25) is 4.90 Å². The fraction of sp³-hybridized carbons (Fsp3) is 0.769. The Balaban J connectivity index is 1.86. The van der Waals surface area contributed by atoms with Crippen LogP contribution < -0.4 is 5.32 Å². The van der Waals surface area contributed by atoms with Crippen LogP contribution in [0.15, 0.2) is 11.8 Å². The molecule has 21 heavy (non-hydrogen) atoms. The van der Waals surface area contributed by atoms with E-state index in [4.69, 9.17) is 25.8 Å². The molecule has 0 aliphatic carbocycles. The second-order valence-corrected chi connectivity index (χ2v) is 6.07. The van der Waals surface area contributed by atoms with Crippen molar-refractivity contribution in [3.05, 3.63) is 11.8 Å². The standard InChI is InChI=1S/C13H19ClN2O5/c1-13(2)20-9-8(6-17)19-11(10(9)21-13)16-5-7(3-14)4-15-12(16)18/h5,8-11,17H,3-4,6H2,1-2H3,(H,15,18). The van der Waals surface area contributed by atoms with Crippen molar-refractivity contribution in [2.45, 2.75) is 44.2 Å². The van der Waals surface area contributed by atoms with Crippen LogP contribution in [0.1, 0.15) is 13.8 Å². The summed E-state index contributed by atoms with van der Waals surface area (Å²) in [6, 6.07) is -0.278. The van der Waals surface area contributed by atoms with Crippen LogP contribution in [0.3, 0.4) is 0 Å². The number of aliphatic hydroxyl groups excluding tert-OH is 1. The second-order valence-electron chi connectivity index (χ2n) is 5.80. The molecule has 0 aromatic heterocycles. The maximum absolute atomic E-state index is 12.1. The molecule has 2 fully saturated rings. The second kappa shape index (κ2) is 5.40. The van der Waals surface area contributed by atoms with Gasteiger partial charge in [-0.15, -0.1) is 11.6 Å². The Bertz CT molecular complexity index is 469. The SMILES string of the molecule is CC1(C)OC2C(CO)OC(N3C=C(CCl)CNC3=O)C2O1. The lowest BCUT2D eigenvalue weighted by Gasteiger charge is -2.33. The number of amides is 2. The minimum Gasteiger partial charge on any atom is -0.394 e. The van der Waals surface area contributed by atoms with Crippen molar-refractivity contribution in [2.24, 2.45) is 0 Å². The fourth-order valence-corrected chi connectivity index (χ4v) is 3.05. The number of carbonyl (C=O) groups excluding carboxylic acids is 1. The van der Waals surface area contributed by atoms with Gasteiger partial charge in [-0.25, -0.2) is 4.79 Å². The Labute approximate surface area is 127 Å². The van der Waals surface area contributed by atoms with E-state index < -0.39 is 30.3 Å². The summed E-state index contributed by atoms with van der Waals surface area (Å²) >= 11 is 5.83. The molecule has 2 amide bonds. The predicted octanol–water partition coefficient (Wildman–Crippen LogP) is 0.372. The lowest BCUT2D eigenvalue weighted by Crippen LogP contribution is -2.51. The summed E-state index contributed by atoms with van der Waals surface area (Å²) < 4.78 is 17.4. The van der Waals surface area contributed by atoms with E-state index in [1.165, 1.54) is 4.90 Å². The summed E-state index contributed by atoms with van der Waals surface area (Å²) in [6.07, 6.45) is -0.342. The third-order valence-corrected chi connectivity index (χ3v) is 4.12. The summed E-state index contributed by atoms with van der Waals surface area (Å²) in [6.45, 7) is 3.82. The van der Waals surface area contributed by atoms with E-state index >= 15 is 0 Å². The highest BCUT2D eigenvalue weighted by Gasteiger charge is 2.57. The average Bonchev–Trinajstić information content (AvgIpc) is 2.92. The zero-order chi connectivity index (χ0) is 15.2. The van der Waals surface area contributed by atoms with Crippen LogP contribution >= 0.6 is 11.6 Å². The molecule has 8 heteroatoms. The Morgan fingerprint density at radius 2 is 2.19 bits per heavy atom. The van der Waals surface area contributed by atoms with Gasteiger partial charge in [0.25, 0.3) is 0 Å². The van der Waals surface area contributed by atoms with Gasteiger partial charge < -0.3 is 24.6 Å². The van der Waals surface area contributed by atoms with E-state index in [1.54, 1.807) is 20.0 Å². The number of hydrogen-bond acceptors (Lipinski definition) is 5. The number of fused-ring (bicyclic) bond motifs is 1. The smallest absolute Gasteiger partial charge is 0.323 e. The van der Waals surface area contributed by atoms with Gasteiger partial charge in [0, 0.05) is 18.6 Å². The first-order valence-electron chi connectivity index (χ1n) is 6.89. The predicted molar refractivity (Wildman–Crippen MR) is 73.6 cm³/mol. The minimum atomic E-state index is -0.768. The molecule has 4 atom stereocenters. The van der Waals surface area contributed by atoms with Gasteiger partial charge in [-0.05, 0) is 19.4 Å². The van der Waals surface area contributed by atoms with E-state index in [-0.39, 0.29) is 12.6 Å². The highest BCUT2D eigenvalue weighted by atomic mass is 35.5. The van der Waals surface area contributed by atoms with Crippen LogP contribution in [-0.4, -0.2) is 65.4 Å². The van der Waals surface area contributed by atoms with Crippen molar-refractivity contribution < 1.29 is 24.1 Å². The van der Waals surface area contributed by atoms with E-state index in [0.717, 1.165) is 5.57 Å². The first-order chi connectivity index (χ1) is 9.95. The Hall–Kier alpha value is -0.860. The van der Waals surface area contributed by atoms with Crippen LogP contribution in [0.4, 0.5) is 4.79 Å². The average molecular weight is 319 g/mol. The molecular weight excluding hydrogens is 300 g/mol. The molecule has 3 aliphatic rings. The summed E-state index contributed by atoms with van der Waals surface area (Å²) in [7, 11) is 0. The summed E-state index contributed by atoms with van der Waals surface area (Å²) in [5.41, 5.74) is 0.877. The maximum Gasteiger partial charge on any atom is 0.323 e. The number of hydrogen-bond donors (Lipinski definition) is 2. The molecular formula is C13H19ClN2O5. The van der Waals surface area contributed by atoms with E-state index in [2.05, 4.69) is 5.32 Å². The molecule has 3 rings (SSSR count). The zero-order valence-corrected chi connectivity index (χ0v) is 12.7. The lowest BCUT2D eigenvalue weighted by molar-refractivity contribution is -0.201. The van der Waals surface area contributed by atoms with Crippen molar-refractivity contribution in [1.82, 2.24) is 10.2 Å². The number of rotatable bonds is 3. The Kier molecular flexibility index (Phi) is 3.87. The number of carbonyl (C=O) groups is 1. The molecule has 0 spiro atoms. The van der Waals surface area contributed by atoms with Crippen LogP contribution in [0, 0.1) is 0 Å². The topological polar surface area (TPSA) is 80.3 Å². The lowest BCUT2D eigenvalue weighted by atomic mass is 10.1. The van der Waals surface area contributed by atoms with Gasteiger partial charge in [0.15, 0.2) is 12.0 Å². The van der Waals surface area contributed by atoms with Crippen LogP contribution in [-0.2, 0) is 14.2 Å². The third kappa shape index (κ3) is 2.64. The number of halogens is 1. The molecule has 0 bridgehead atoms. The Morgan fingerprint density at radius 1 is 1.48 bits per heavy atom. The van der Waals surface area contributed by atoms with E-state index in [9.17, 15) is 9.90 Å². The fourth-order valence-electron chi connectivity index (χ4n) is 2.88. The van der Waals surface area contributed by atoms with Gasteiger partial charge in [0.2, 0.25) is 0 Å². The van der Waals surface area contributed by atoms with E-state index in [1.807, 2.05) is 0 Å². The van der Waals surface area contributed by atoms with Crippen LogP contribution in [0.5, 0.6) is 0 Å². The van der Waals surface area contributed by atoms with Gasteiger partial charge in [-0.2, -0.15) is 0 Å². The largest absolute Gasteiger partial charge is 0.394 e. The first kappa shape index (κ1) is 15.1. The molecule has 118 valence electrons. The zero-order valence-electron chi connectivity index (χ0n) is 11.9. The molecule has 0 aromatic carbocycles. The number of alkyl halides is 1. The number of ether oxygens (including phenoxy) is 3. The van der Waals surface area contributed by atoms with Crippen molar-refractivity contribution in [3.8, 4) is 0 Å². The Morgan fingerprint density at radius 3 is 2.86 bits per heavy atom. The molecule has 3 heterocycles. The van der Waals surface area contributed by atoms with Crippen molar-refractivity contribution in [3.63, 3.8) is 0 Å². The highest BCUT2D eigenvalue weighted by Crippen LogP contribution is 2.40. The number of aliphatic hydroxyl groups is 1. The third-order valence-electron chi connectivity index (χ3n) is 3.77. The minimum absolute atomic E-state index is 0.196. The number of urea groups is 1. The van der Waals surface area contributed by atoms with Crippen molar-refractivity contribution >= 4 is 17.6 Å². The summed E-state index contributed by atoms with van der Waals surface area (Å²) in [5, 5.41) is 12.2. The quantitative estimate of drug-likeness (QED) is 0.735. The number of nitrogens with zero attached hydrogens (tertiary/aromatic N) is 1. The van der Waals surface area contributed by atoms with Crippen LogP contribution in [0.25, 0.3) is 0 Å². The van der Waals surface area contributed by atoms with Gasteiger partial charge in [0.05, 0.1) is 6.61 Å². The number of nitrogens with one attached hydrogen (secondary N) is 1. The molecule has 2 N–H and O–H groups in total. The molecule has 3 aliphatic heterocycles. The maximum atomic E-state index is 12.1. The molecule has 0 aromatic rings.